The van der Waals surface area contributed by atoms with Gasteiger partial charge in [-0.2, -0.15) is 0 Å². The second kappa shape index (κ2) is 4.07. The standard InChI is InChI=1S/C13H17NO2/c15-12-6-3-5-10(12)14-11-8-16-13-7-2-1-4-9(11)13/h1-2,4,7,10-12,14-15H,3,5-6,8H2/t10-,11?,12-/m0/s1. The SMILES string of the molecule is O[C@H]1CCC[C@@H]1NC1COc2ccccc21. The van der Waals surface area contributed by atoms with Gasteiger partial charge in [0.1, 0.15) is 12.4 Å². The van der Waals surface area contributed by atoms with Crippen molar-refractivity contribution in [3.63, 3.8) is 0 Å². The van der Waals surface area contributed by atoms with E-state index in [4.69, 9.17) is 4.74 Å². The quantitative estimate of drug-likeness (QED) is 0.794. The second-order valence-corrected chi connectivity index (χ2v) is 4.67. The van der Waals surface area contributed by atoms with Crippen LogP contribution in [0.5, 0.6) is 5.75 Å². The third-order valence-corrected chi connectivity index (χ3v) is 3.59. The highest BCUT2D eigenvalue weighted by atomic mass is 16.5. The molecule has 1 heterocycles. The minimum Gasteiger partial charge on any atom is -0.491 e. The molecule has 0 aromatic heterocycles. The normalized spacial score (nSPS) is 32.4. The number of benzene rings is 1. The highest BCUT2D eigenvalue weighted by Crippen LogP contribution is 2.33. The first-order chi connectivity index (χ1) is 7.84. The summed E-state index contributed by atoms with van der Waals surface area (Å²) in [6, 6.07) is 8.61. The zero-order valence-corrected chi connectivity index (χ0v) is 9.23. The molecule has 1 aromatic carbocycles. The second-order valence-electron chi connectivity index (χ2n) is 4.67. The first-order valence-corrected chi connectivity index (χ1v) is 6.00. The topological polar surface area (TPSA) is 41.5 Å². The molecule has 86 valence electrons. The van der Waals surface area contributed by atoms with E-state index in [0.717, 1.165) is 25.0 Å². The van der Waals surface area contributed by atoms with Crippen LogP contribution in [0.25, 0.3) is 0 Å². The Hall–Kier alpha value is -1.06. The first kappa shape index (κ1) is 10.1. The minimum atomic E-state index is -0.187. The lowest BCUT2D eigenvalue weighted by atomic mass is 10.1. The van der Waals surface area contributed by atoms with Crippen LogP contribution in [0, 0.1) is 0 Å². The Morgan fingerprint density at radius 1 is 1.25 bits per heavy atom. The molecule has 0 spiro atoms. The zero-order chi connectivity index (χ0) is 11.0. The van der Waals surface area contributed by atoms with Gasteiger partial charge >= 0.3 is 0 Å². The molecule has 1 fully saturated rings. The Bertz CT molecular complexity index is 380. The molecule has 2 N–H and O–H groups in total. The van der Waals surface area contributed by atoms with Crippen molar-refractivity contribution in [3.8, 4) is 5.75 Å². The van der Waals surface area contributed by atoms with Crippen LogP contribution in [0.1, 0.15) is 30.9 Å². The van der Waals surface area contributed by atoms with Gasteiger partial charge in [0.2, 0.25) is 0 Å². The van der Waals surface area contributed by atoms with Gasteiger partial charge in [-0.05, 0) is 25.3 Å². The van der Waals surface area contributed by atoms with Crippen molar-refractivity contribution in [2.24, 2.45) is 0 Å². The van der Waals surface area contributed by atoms with E-state index in [0.29, 0.717) is 6.61 Å². The van der Waals surface area contributed by atoms with Crippen molar-refractivity contribution >= 4 is 0 Å². The molecule has 3 heteroatoms. The van der Waals surface area contributed by atoms with E-state index in [1.807, 2.05) is 18.2 Å². The predicted octanol–water partition coefficient (Wildman–Crippen LogP) is 1.62. The molecule has 0 radical (unpaired) electrons. The van der Waals surface area contributed by atoms with Crippen LogP contribution in [0.4, 0.5) is 0 Å². The van der Waals surface area contributed by atoms with Crippen LogP contribution >= 0.6 is 0 Å². The molecule has 3 atom stereocenters. The van der Waals surface area contributed by atoms with Crippen LogP contribution in [-0.4, -0.2) is 23.9 Å². The summed E-state index contributed by atoms with van der Waals surface area (Å²) in [6.45, 7) is 0.683. The van der Waals surface area contributed by atoms with Crippen LogP contribution in [0.3, 0.4) is 0 Å². The van der Waals surface area contributed by atoms with Gasteiger partial charge in [0.05, 0.1) is 12.1 Å². The molecular weight excluding hydrogens is 202 g/mol. The summed E-state index contributed by atoms with van der Waals surface area (Å²) in [6.07, 6.45) is 2.92. The van der Waals surface area contributed by atoms with E-state index in [2.05, 4.69) is 11.4 Å². The van der Waals surface area contributed by atoms with Gasteiger partial charge in [0.25, 0.3) is 0 Å². The number of para-hydroxylation sites is 1. The predicted molar refractivity (Wildman–Crippen MR) is 61.5 cm³/mol. The van der Waals surface area contributed by atoms with Gasteiger partial charge in [-0.1, -0.05) is 18.2 Å². The molecule has 1 aliphatic heterocycles. The average Bonchev–Trinajstić information content (AvgIpc) is 2.88. The fourth-order valence-electron chi connectivity index (χ4n) is 2.69. The average molecular weight is 219 g/mol. The van der Waals surface area contributed by atoms with E-state index in [1.165, 1.54) is 5.56 Å². The minimum absolute atomic E-state index is 0.187. The van der Waals surface area contributed by atoms with Gasteiger partial charge in [-0.15, -0.1) is 0 Å². The Labute approximate surface area is 95.4 Å². The maximum absolute atomic E-state index is 9.79. The van der Waals surface area contributed by atoms with E-state index in [-0.39, 0.29) is 18.2 Å². The highest BCUT2D eigenvalue weighted by Gasteiger charge is 2.31. The Kier molecular flexibility index (Phi) is 2.58. The van der Waals surface area contributed by atoms with E-state index >= 15 is 0 Å². The molecule has 3 nitrogen and oxygen atoms in total. The Balaban J connectivity index is 1.73. The smallest absolute Gasteiger partial charge is 0.124 e. The van der Waals surface area contributed by atoms with E-state index < -0.39 is 0 Å². The van der Waals surface area contributed by atoms with Crippen LogP contribution < -0.4 is 10.1 Å². The fourth-order valence-corrected chi connectivity index (χ4v) is 2.69. The summed E-state index contributed by atoms with van der Waals surface area (Å²) in [5, 5.41) is 13.3. The third-order valence-electron chi connectivity index (χ3n) is 3.59. The van der Waals surface area contributed by atoms with Crippen molar-refractivity contribution in [2.45, 2.75) is 37.5 Å². The summed E-state index contributed by atoms with van der Waals surface area (Å²) >= 11 is 0. The monoisotopic (exact) mass is 219 g/mol. The summed E-state index contributed by atoms with van der Waals surface area (Å²) in [7, 11) is 0. The zero-order valence-electron chi connectivity index (χ0n) is 9.23. The molecule has 1 unspecified atom stereocenters. The molecular formula is C13H17NO2. The third kappa shape index (κ3) is 1.70. The molecule has 3 rings (SSSR count). The Morgan fingerprint density at radius 3 is 2.94 bits per heavy atom. The van der Waals surface area contributed by atoms with Crippen LogP contribution in [-0.2, 0) is 0 Å². The van der Waals surface area contributed by atoms with Gasteiger partial charge in [0.15, 0.2) is 0 Å². The number of hydrogen-bond donors (Lipinski definition) is 2. The van der Waals surface area contributed by atoms with Gasteiger partial charge in [0, 0.05) is 11.6 Å². The molecule has 1 aromatic rings. The highest BCUT2D eigenvalue weighted by molar-refractivity contribution is 5.39. The van der Waals surface area contributed by atoms with Crippen molar-refractivity contribution in [3.05, 3.63) is 29.8 Å². The van der Waals surface area contributed by atoms with Crippen molar-refractivity contribution in [1.29, 1.82) is 0 Å². The van der Waals surface area contributed by atoms with Crippen LogP contribution in [0.2, 0.25) is 0 Å². The molecule has 0 saturated heterocycles. The summed E-state index contributed by atoms with van der Waals surface area (Å²) in [4.78, 5) is 0. The maximum Gasteiger partial charge on any atom is 0.124 e. The van der Waals surface area contributed by atoms with Crippen molar-refractivity contribution in [2.75, 3.05) is 6.61 Å². The number of fused-ring (bicyclic) bond motifs is 1. The number of ether oxygens (including phenoxy) is 1. The maximum atomic E-state index is 9.79. The number of hydrogen-bond acceptors (Lipinski definition) is 3. The van der Waals surface area contributed by atoms with Gasteiger partial charge in [-0.25, -0.2) is 0 Å². The largest absolute Gasteiger partial charge is 0.491 e. The summed E-state index contributed by atoms with van der Waals surface area (Å²) < 4.78 is 5.61. The fraction of sp³-hybridized carbons (Fsp3) is 0.538. The molecule has 1 saturated carbocycles. The molecule has 0 amide bonds. The van der Waals surface area contributed by atoms with E-state index in [1.54, 1.807) is 0 Å². The summed E-state index contributed by atoms with van der Waals surface area (Å²) in [5.41, 5.74) is 1.22. The number of aliphatic hydroxyl groups excluding tert-OH is 1. The summed E-state index contributed by atoms with van der Waals surface area (Å²) in [5.74, 6) is 0.979. The number of nitrogens with one attached hydrogen (secondary N) is 1. The molecule has 16 heavy (non-hydrogen) atoms. The number of aliphatic hydroxyl groups is 1. The van der Waals surface area contributed by atoms with Crippen LogP contribution in [0.15, 0.2) is 24.3 Å². The lowest BCUT2D eigenvalue weighted by Crippen LogP contribution is -2.38. The molecule has 1 aliphatic carbocycles. The van der Waals surface area contributed by atoms with Crippen molar-refractivity contribution in [1.82, 2.24) is 5.32 Å². The molecule has 2 aliphatic rings. The van der Waals surface area contributed by atoms with Gasteiger partial charge < -0.3 is 15.2 Å². The lowest BCUT2D eigenvalue weighted by Gasteiger charge is -2.20. The lowest BCUT2D eigenvalue weighted by molar-refractivity contribution is 0.139. The Morgan fingerprint density at radius 2 is 2.12 bits per heavy atom. The number of rotatable bonds is 2. The molecule has 0 bridgehead atoms. The van der Waals surface area contributed by atoms with Gasteiger partial charge in [-0.3, -0.25) is 0 Å². The van der Waals surface area contributed by atoms with Crippen molar-refractivity contribution < 1.29 is 9.84 Å². The first-order valence-electron chi connectivity index (χ1n) is 6.00. The van der Waals surface area contributed by atoms with E-state index in [9.17, 15) is 5.11 Å².